The molecule has 0 amide bonds. The number of nitrogens with one attached hydrogen (secondary N) is 1. The van der Waals surface area contributed by atoms with E-state index in [1.807, 2.05) is 12.1 Å². The van der Waals surface area contributed by atoms with E-state index in [9.17, 15) is 0 Å². The molecule has 3 nitrogen and oxygen atoms in total. The van der Waals surface area contributed by atoms with Gasteiger partial charge in [-0.05, 0) is 43.5 Å². The van der Waals surface area contributed by atoms with Crippen LogP contribution in [-0.4, -0.2) is 19.7 Å². The third-order valence-corrected chi connectivity index (χ3v) is 4.21. The maximum absolute atomic E-state index is 5.87. The summed E-state index contributed by atoms with van der Waals surface area (Å²) in [5.74, 6) is 1.46. The second kappa shape index (κ2) is 6.43. The summed E-state index contributed by atoms with van der Waals surface area (Å²) in [6.07, 6.45) is 5.00. The molecule has 2 atom stereocenters. The van der Waals surface area contributed by atoms with Crippen molar-refractivity contribution in [1.82, 2.24) is 0 Å². The fraction of sp³-hybridized carbons (Fsp3) is 0.571. The highest BCUT2D eigenvalue weighted by Gasteiger charge is 2.24. The van der Waals surface area contributed by atoms with E-state index in [1.165, 1.54) is 25.7 Å². The number of ether oxygens (including phenoxy) is 1. The van der Waals surface area contributed by atoms with Crippen LogP contribution in [-0.2, 0) is 0 Å². The Morgan fingerprint density at radius 1 is 1.39 bits per heavy atom. The Balaban J connectivity index is 2.14. The monoisotopic (exact) mass is 312 g/mol. The molecule has 0 heterocycles. The predicted octanol–water partition coefficient (Wildman–Crippen LogP) is 3.39. The van der Waals surface area contributed by atoms with Crippen LogP contribution in [0.4, 0.5) is 5.69 Å². The highest BCUT2D eigenvalue weighted by Crippen LogP contribution is 2.32. The first kappa shape index (κ1) is 13.7. The topological polar surface area (TPSA) is 47.3 Å². The van der Waals surface area contributed by atoms with Gasteiger partial charge in [0.25, 0.3) is 0 Å². The normalized spacial score (nSPS) is 23.7. The van der Waals surface area contributed by atoms with Crippen molar-refractivity contribution < 1.29 is 4.74 Å². The molecule has 1 aromatic carbocycles. The first-order valence-corrected chi connectivity index (χ1v) is 7.34. The van der Waals surface area contributed by atoms with Crippen molar-refractivity contribution in [3.05, 3.63) is 22.7 Å². The number of methoxy groups -OCH3 is 1. The number of halogens is 1. The van der Waals surface area contributed by atoms with Gasteiger partial charge < -0.3 is 15.8 Å². The number of rotatable bonds is 4. The molecule has 0 aromatic heterocycles. The smallest absolute Gasteiger partial charge is 0.142 e. The molecule has 4 heteroatoms. The first-order valence-electron chi connectivity index (χ1n) is 6.54. The van der Waals surface area contributed by atoms with Crippen LogP contribution in [0.25, 0.3) is 0 Å². The molecule has 0 radical (unpaired) electrons. The van der Waals surface area contributed by atoms with Crippen LogP contribution in [0.3, 0.4) is 0 Å². The molecule has 3 N–H and O–H groups in total. The van der Waals surface area contributed by atoms with Crippen LogP contribution in [0.15, 0.2) is 22.7 Å². The average molecular weight is 313 g/mol. The number of hydrogen-bond donors (Lipinski definition) is 2. The maximum Gasteiger partial charge on any atom is 0.142 e. The van der Waals surface area contributed by atoms with E-state index in [0.717, 1.165) is 22.5 Å². The van der Waals surface area contributed by atoms with Gasteiger partial charge in [0.05, 0.1) is 12.8 Å². The molecule has 1 aliphatic rings. The van der Waals surface area contributed by atoms with Crippen molar-refractivity contribution in [2.24, 2.45) is 11.7 Å². The van der Waals surface area contributed by atoms with Crippen molar-refractivity contribution in [2.75, 3.05) is 19.0 Å². The zero-order chi connectivity index (χ0) is 13.0. The predicted molar refractivity (Wildman–Crippen MR) is 79.1 cm³/mol. The molecule has 2 unspecified atom stereocenters. The van der Waals surface area contributed by atoms with Gasteiger partial charge in [-0.15, -0.1) is 0 Å². The van der Waals surface area contributed by atoms with Gasteiger partial charge in [0.1, 0.15) is 5.75 Å². The number of benzene rings is 1. The summed E-state index contributed by atoms with van der Waals surface area (Å²) >= 11 is 3.50. The van der Waals surface area contributed by atoms with Crippen molar-refractivity contribution in [2.45, 2.75) is 31.7 Å². The Hall–Kier alpha value is -0.740. The van der Waals surface area contributed by atoms with Crippen LogP contribution in [0, 0.1) is 5.92 Å². The summed E-state index contributed by atoms with van der Waals surface area (Å²) in [5, 5.41) is 3.61. The van der Waals surface area contributed by atoms with E-state index >= 15 is 0 Å². The molecular weight excluding hydrogens is 292 g/mol. The van der Waals surface area contributed by atoms with Crippen LogP contribution in [0.1, 0.15) is 25.7 Å². The Morgan fingerprint density at radius 3 is 2.89 bits per heavy atom. The fourth-order valence-electron chi connectivity index (χ4n) is 2.67. The van der Waals surface area contributed by atoms with Crippen molar-refractivity contribution in [1.29, 1.82) is 0 Å². The number of hydrogen-bond acceptors (Lipinski definition) is 3. The van der Waals surface area contributed by atoms with Crippen molar-refractivity contribution in [3.63, 3.8) is 0 Å². The Kier molecular flexibility index (Phi) is 4.89. The molecule has 0 saturated heterocycles. The first-order chi connectivity index (χ1) is 8.74. The highest BCUT2D eigenvalue weighted by molar-refractivity contribution is 9.10. The lowest BCUT2D eigenvalue weighted by Gasteiger charge is -2.32. The largest absolute Gasteiger partial charge is 0.495 e. The molecule has 0 aliphatic heterocycles. The Bertz CT molecular complexity index is 397. The summed E-state index contributed by atoms with van der Waals surface area (Å²) in [7, 11) is 1.70. The second-order valence-electron chi connectivity index (χ2n) is 4.88. The molecular formula is C14H21BrN2O. The van der Waals surface area contributed by atoms with Crippen LogP contribution in [0.2, 0.25) is 0 Å². The zero-order valence-corrected chi connectivity index (χ0v) is 12.4. The van der Waals surface area contributed by atoms with Crippen molar-refractivity contribution >= 4 is 21.6 Å². The van der Waals surface area contributed by atoms with E-state index in [1.54, 1.807) is 7.11 Å². The van der Waals surface area contributed by atoms with E-state index in [0.29, 0.717) is 12.0 Å². The third-order valence-electron chi connectivity index (χ3n) is 3.71. The van der Waals surface area contributed by atoms with E-state index < -0.39 is 0 Å². The van der Waals surface area contributed by atoms with Crippen molar-refractivity contribution in [3.8, 4) is 5.75 Å². The molecule has 2 rings (SSSR count). The minimum Gasteiger partial charge on any atom is -0.495 e. The maximum atomic E-state index is 5.87. The molecule has 18 heavy (non-hydrogen) atoms. The lowest BCUT2D eigenvalue weighted by atomic mass is 9.84. The van der Waals surface area contributed by atoms with Crippen LogP contribution >= 0.6 is 15.9 Å². The summed E-state index contributed by atoms with van der Waals surface area (Å²) in [4.78, 5) is 0. The van der Waals surface area contributed by atoms with Gasteiger partial charge in [0, 0.05) is 10.5 Å². The van der Waals surface area contributed by atoms with Gasteiger partial charge >= 0.3 is 0 Å². The molecule has 1 saturated carbocycles. The molecule has 1 aliphatic carbocycles. The van der Waals surface area contributed by atoms with Crippen LogP contribution < -0.4 is 15.8 Å². The summed E-state index contributed by atoms with van der Waals surface area (Å²) in [5.41, 5.74) is 6.92. The van der Waals surface area contributed by atoms with Gasteiger partial charge in [-0.1, -0.05) is 28.8 Å². The zero-order valence-electron chi connectivity index (χ0n) is 10.8. The summed E-state index contributed by atoms with van der Waals surface area (Å²) in [6, 6.07) is 6.51. The summed E-state index contributed by atoms with van der Waals surface area (Å²) in [6.45, 7) is 0.758. The standard InChI is InChI=1S/C14H21BrN2O/c1-18-14-7-6-11(15)8-13(14)17-12-5-3-2-4-10(12)9-16/h6-8,10,12,17H,2-5,9,16H2,1H3. The number of anilines is 1. The molecule has 0 spiro atoms. The van der Waals surface area contributed by atoms with Gasteiger partial charge in [0.15, 0.2) is 0 Å². The van der Waals surface area contributed by atoms with Gasteiger partial charge in [-0.25, -0.2) is 0 Å². The Labute approximate surface area is 117 Å². The molecule has 1 aromatic rings. The lowest BCUT2D eigenvalue weighted by molar-refractivity contribution is 0.331. The molecule has 0 bridgehead atoms. The van der Waals surface area contributed by atoms with E-state index in [4.69, 9.17) is 10.5 Å². The molecule has 100 valence electrons. The fourth-order valence-corrected chi connectivity index (χ4v) is 3.03. The minimum absolute atomic E-state index is 0.465. The minimum atomic E-state index is 0.465. The molecule has 1 fully saturated rings. The van der Waals surface area contributed by atoms with Gasteiger partial charge in [-0.2, -0.15) is 0 Å². The quantitative estimate of drug-likeness (QED) is 0.896. The summed E-state index contributed by atoms with van der Waals surface area (Å²) < 4.78 is 6.46. The second-order valence-corrected chi connectivity index (χ2v) is 5.79. The third kappa shape index (κ3) is 3.18. The van der Waals surface area contributed by atoms with E-state index in [2.05, 4.69) is 27.3 Å². The van der Waals surface area contributed by atoms with Gasteiger partial charge in [-0.3, -0.25) is 0 Å². The highest BCUT2D eigenvalue weighted by atomic mass is 79.9. The number of nitrogens with two attached hydrogens (primary N) is 1. The van der Waals surface area contributed by atoms with Gasteiger partial charge in [0.2, 0.25) is 0 Å². The average Bonchev–Trinajstić information content (AvgIpc) is 2.40. The van der Waals surface area contributed by atoms with E-state index in [-0.39, 0.29) is 0 Å². The van der Waals surface area contributed by atoms with Crippen LogP contribution in [0.5, 0.6) is 5.75 Å². The lowest BCUT2D eigenvalue weighted by Crippen LogP contribution is -2.36. The SMILES string of the molecule is COc1ccc(Br)cc1NC1CCCCC1CN. The Morgan fingerprint density at radius 2 is 2.17 bits per heavy atom.